The van der Waals surface area contributed by atoms with E-state index >= 15 is 0 Å². The van der Waals surface area contributed by atoms with Crippen molar-refractivity contribution in [3.8, 4) is 34.4 Å². The van der Waals surface area contributed by atoms with E-state index in [-0.39, 0.29) is 0 Å². The molecule has 0 aliphatic carbocycles. The van der Waals surface area contributed by atoms with Gasteiger partial charge in [0.15, 0.2) is 5.76 Å². The third kappa shape index (κ3) is 2.45. The molecule has 2 aromatic heterocycles. The molecular weight excluding hydrogens is 276 g/mol. The first-order valence-corrected chi connectivity index (χ1v) is 6.83. The van der Waals surface area contributed by atoms with Crippen molar-refractivity contribution >= 4 is 0 Å². The Hall–Kier alpha value is -3.06. The zero-order valence-corrected chi connectivity index (χ0v) is 12.3. The van der Waals surface area contributed by atoms with E-state index in [0.717, 1.165) is 16.9 Å². The van der Waals surface area contributed by atoms with Crippen LogP contribution in [0.3, 0.4) is 0 Å². The smallest absolute Gasteiger partial charge is 0.152 e. The summed E-state index contributed by atoms with van der Waals surface area (Å²) in [5.41, 5.74) is 3.75. The first-order chi connectivity index (χ1) is 10.7. The number of nitriles is 1. The Morgan fingerprint density at radius 2 is 1.95 bits per heavy atom. The molecule has 0 amide bonds. The van der Waals surface area contributed by atoms with Gasteiger partial charge in [0.2, 0.25) is 0 Å². The summed E-state index contributed by atoms with van der Waals surface area (Å²) in [4.78, 5) is 4.47. The fourth-order valence-electron chi connectivity index (χ4n) is 2.36. The zero-order chi connectivity index (χ0) is 15.5. The molecule has 0 spiro atoms. The van der Waals surface area contributed by atoms with Gasteiger partial charge in [-0.25, -0.2) is 4.98 Å². The molecule has 4 heteroatoms. The highest BCUT2D eigenvalue weighted by Gasteiger charge is 2.13. The molecule has 22 heavy (non-hydrogen) atoms. The summed E-state index contributed by atoms with van der Waals surface area (Å²) in [6.07, 6.45) is 1.61. The molecule has 0 atom stereocenters. The molecule has 2 heterocycles. The van der Waals surface area contributed by atoms with Crippen LogP contribution in [-0.2, 0) is 0 Å². The Labute approximate surface area is 128 Å². The number of nitrogens with zero attached hydrogens (tertiary/aromatic N) is 2. The van der Waals surface area contributed by atoms with Gasteiger partial charge >= 0.3 is 0 Å². The number of ether oxygens (including phenoxy) is 1. The van der Waals surface area contributed by atoms with Crippen molar-refractivity contribution in [2.24, 2.45) is 0 Å². The predicted octanol–water partition coefficient (Wildman–Crippen LogP) is 4.20. The number of pyridine rings is 1. The third-order valence-corrected chi connectivity index (χ3v) is 3.49. The minimum absolute atomic E-state index is 0.570. The van der Waals surface area contributed by atoms with E-state index in [2.05, 4.69) is 11.1 Å². The van der Waals surface area contributed by atoms with Crippen LogP contribution in [0.4, 0.5) is 0 Å². The summed E-state index contributed by atoms with van der Waals surface area (Å²) >= 11 is 0. The fraction of sp³-hybridized carbons (Fsp3) is 0.111. The van der Waals surface area contributed by atoms with Crippen molar-refractivity contribution in [1.29, 1.82) is 5.26 Å². The molecule has 1 aromatic carbocycles. The number of hydrogen-bond donors (Lipinski definition) is 0. The van der Waals surface area contributed by atoms with Crippen LogP contribution in [0.1, 0.15) is 11.3 Å². The second-order valence-corrected chi connectivity index (χ2v) is 4.83. The monoisotopic (exact) mass is 290 g/mol. The number of aryl methyl sites for hydroxylation is 1. The summed E-state index contributed by atoms with van der Waals surface area (Å²) in [5.74, 6) is 1.46. The molecule has 0 unspecified atom stereocenters. The topological polar surface area (TPSA) is 59.1 Å². The van der Waals surface area contributed by atoms with Crippen molar-refractivity contribution in [2.45, 2.75) is 6.92 Å². The van der Waals surface area contributed by atoms with E-state index in [9.17, 15) is 5.26 Å². The Kier molecular flexibility index (Phi) is 3.63. The van der Waals surface area contributed by atoms with Gasteiger partial charge in [-0.3, -0.25) is 0 Å². The fourth-order valence-corrected chi connectivity index (χ4v) is 2.36. The zero-order valence-electron chi connectivity index (χ0n) is 12.3. The van der Waals surface area contributed by atoms with E-state index in [1.165, 1.54) is 0 Å². The van der Waals surface area contributed by atoms with Gasteiger partial charge in [-0.2, -0.15) is 5.26 Å². The number of furan rings is 1. The van der Waals surface area contributed by atoms with E-state index in [0.29, 0.717) is 22.7 Å². The normalized spacial score (nSPS) is 10.2. The molecule has 3 aromatic rings. The van der Waals surface area contributed by atoms with Crippen molar-refractivity contribution in [1.82, 2.24) is 4.98 Å². The molecule has 0 fully saturated rings. The van der Waals surface area contributed by atoms with Gasteiger partial charge in [0.05, 0.1) is 24.6 Å². The first kappa shape index (κ1) is 13.9. The molecule has 0 aliphatic heterocycles. The molecule has 0 saturated heterocycles. The molecule has 0 saturated carbocycles. The van der Waals surface area contributed by atoms with Crippen LogP contribution in [0.5, 0.6) is 5.75 Å². The second kappa shape index (κ2) is 5.74. The maximum absolute atomic E-state index is 9.44. The Balaban J connectivity index is 2.18. The summed E-state index contributed by atoms with van der Waals surface area (Å²) in [5, 5.41) is 9.44. The highest BCUT2D eigenvalue weighted by atomic mass is 16.5. The lowest BCUT2D eigenvalue weighted by Crippen LogP contribution is -1.95. The quantitative estimate of drug-likeness (QED) is 0.725. The van der Waals surface area contributed by atoms with Crippen LogP contribution >= 0.6 is 0 Å². The lowest BCUT2D eigenvalue weighted by Gasteiger charge is -2.10. The Morgan fingerprint density at radius 3 is 2.55 bits per heavy atom. The van der Waals surface area contributed by atoms with E-state index in [1.807, 2.05) is 49.4 Å². The van der Waals surface area contributed by atoms with E-state index in [4.69, 9.17) is 9.15 Å². The number of hydrogen-bond acceptors (Lipinski definition) is 4. The van der Waals surface area contributed by atoms with Gasteiger partial charge in [0.25, 0.3) is 0 Å². The number of aromatic nitrogens is 1. The van der Waals surface area contributed by atoms with Crippen LogP contribution in [0, 0.1) is 18.3 Å². The molecule has 3 rings (SSSR count). The molecule has 0 N–H and O–H groups in total. The summed E-state index contributed by atoms with van der Waals surface area (Å²) in [6, 6.07) is 15.4. The highest BCUT2D eigenvalue weighted by molar-refractivity contribution is 5.75. The minimum Gasteiger partial charge on any atom is -0.497 e. The highest BCUT2D eigenvalue weighted by Crippen LogP contribution is 2.30. The third-order valence-electron chi connectivity index (χ3n) is 3.49. The lowest BCUT2D eigenvalue weighted by atomic mass is 9.98. The van der Waals surface area contributed by atoms with Crippen LogP contribution in [0.25, 0.3) is 22.6 Å². The van der Waals surface area contributed by atoms with Crippen molar-refractivity contribution < 1.29 is 9.15 Å². The van der Waals surface area contributed by atoms with Crippen LogP contribution in [-0.4, -0.2) is 12.1 Å². The molecule has 0 aliphatic rings. The van der Waals surface area contributed by atoms with Crippen LogP contribution in [0.15, 0.2) is 53.1 Å². The lowest BCUT2D eigenvalue weighted by molar-refractivity contribution is 0.415. The SMILES string of the molecule is COc1ccc(-c2cc(-c3ccco3)nc(C)c2C#N)cc1. The van der Waals surface area contributed by atoms with Gasteiger partial charge in [-0.15, -0.1) is 0 Å². The van der Waals surface area contributed by atoms with Crippen molar-refractivity contribution in [3.63, 3.8) is 0 Å². The van der Waals surface area contributed by atoms with E-state index in [1.54, 1.807) is 13.4 Å². The number of rotatable bonds is 3. The summed E-state index contributed by atoms with van der Waals surface area (Å²) in [6.45, 7) is 1.83. The average molecular weight is 290 g/mol. The summed E-state index contributed by atoms with van der Waals surface area (Å²) < 4.78 is 10.6. The van der Waals surface area contributed by atoms with Gasteiger partial charge in [-0.05, 0) is 42.8 Å². The van der Waals surface area contributed by atoms with Gasteiger partial charge in [-0.1, -0.05) is 12.1 Å². The molecular formula is C18H14N2O2. The predicted molar refractivity (Wildman–Crippen MR) is 83.4 cm³/mol. The van der Waals surface area contributed by atoms with Gasteiger partial charge in [0, 0.05) is 5.56 Å². The molecule has 0 radical (unpaired) electrons. The maximum Gasteiger partial charge on any atom is 0.152 e. The Bertz CT molecular complexity index is 829. The number of benzene rings is 1. The van der Waals surface area contributed by atoms with Crippen LogP contribution in [0.2, 0.25) is 0 Å². The molecule has 108 valence electrons. The standard InChI is InChI=1S/C18H14N2O2/c1-12-16(11-19)15(13-5-7-14(21-2)8-6-13)10-17(20-12)18-4-3-9-22-18/h3-10H,1-2H3. The largest absolute Gasteiger partial charge is 0.497 e. The first-order valence-electron chi connectivity index (χ1n) is 6.83. The molecule has 0 bridgehead atoms. The van der Waals surface area contributed by atoms with E-state index < -0.39 is 0 Å². The van der Waals surface area contributed by atoms with Crippen LogP contribution < -0.4 is 4.74 Å². The molecule has 4 nitrogen and oxygen atoms in total. The summed E-state index contributed by atoms with van der Waals surface area (Å²) in [7, 11) is 1.63. The average Bonchev–Trinajstić information content (AvgIpc) is 3.08. The maximum atomic E-state index is 9.44. The Morgan fingerprint density at radius 1 is 1.18 bits per heavy atom. The number of methoxy groups -OCH3 is 1. The minimum atomic E-state index is 0.570. The van der Waals surface area contributed by atoms with Crippen molar-refractivity contribution in [2.75, 3.05) is 7.11 Å². The second-order valence-electron chi connectivity index (χ2n) is 4.83. The van der Waals surface area contributed by atoms with Gasteiger partial charge < -0.3 is 9.15 Å². The van der Waals surface area contributed by atoms with Crippen molar-refractivity contribution in [3.05, 3.63) is 60.0 Å². The van der Waals surface area contributed by atoms with Gasteiger partial charge in [0.1, 0.15) is 17.5 Å².